The van der Waals surface area contributed by atoms with E-state index in [9.17, 15) is 4.79 Å². The maximum Gasteiger partial charge on any atom is 0.225 e. The molecule has 1 heterocycles. The van der Waals surface area contributed by atoms with Gasteiger partial charge in [0.1, 0.15) is 0 Å². The van der Waals surface area contributed by atoms with Gasteiger partial charge in [-0.05, 0) is 43.7 Å². The lowest BCUT2D eigenvalue weighted by molar-refractivity contribution is -0.134. The van der Waals surface area contributed by atoms with E-state index >= 15 is 0 Å². The van der Waals surface area contributed by atoms with Gasteiger partial charge in [0.25, 0.3) is 0 Å². The first kappa shape index (κ1) is 15.8. The predicted octanol–water partition coefficient (Wildman–Crippen LogP) is 3.64. The lowest BCUT2D eigenvalue weighted by Gasteiger charge is -2.39. The average Bonchev–Trinajstić information content (AvgIpc) is 3.33. The average molecular weight is 321 g/mol. The van der Waals surface area contributed by atoms with Crippen molar-refractivity contribution < 1.29 is 4.79 Å². The summed E-state index contributed by atoms with van der Waals surface area (Å²) in [5.74, 6) is 1.18. The molecule has 1 saturated heterocycles. The summed E-state index contributed by atoms with van der Waals surface area (Å²) in [6.45, 7) is 6.16. The number of rotatable bonds is 4. The molecule has 3 nitrogen and oxygen atoms in total. The number of carbonyl (C=O) groups is 1. The SMILES string of the molecule is C[C@H](N[C@H]1CCN(C(=O)C2CC2)C[C@@H]1C)c1ccccc1Cl. The second-order valence-electron chi connectivity index (χ2n) is 6.84. The fourth-order valence-electron chi connectivity index (χ4n) is 3.42. The maximum atomic E-state index is 12.2. The van der Waals surface area contributed by atoms with Crippen LogP contribution in [0.15, 0.2) is 24.3 Å². The van der Waals surface area contributed by atoms with Gasteiger partial charge in [-0.25, -0.2) is 0 Å². The van der Waals surface area contributed by atoms with E-state index in [1.165, 1.54) is 0 Å². The third kappa shape index (κ3) is 3.47. The number of hydrogen-bond acceptors (Lipinski definition) is 2. The Morgan fingerprint density at radius 3 is 2.68 bits per heavy atom. The van der Waals surface area contributed by atoms with Crippen molar-refractivity contribution in [3.63, 3.8) is 0 Å². The molecule has 3 rings (SSSR count). The van der Waals surface area contributed by atoms with Crippen LogP contribution in [0.4, 0.5) is 0 Å². The summed E-state index contributed by atoms with van der Waals surface area (Å²) >= 11 is 6.29. The summed E-state index contributed by atoms with van der Waals surface area (Å²) in [7, 11) is 0. The summed E-state index contributed by atoms with van der Waals surface area (Å²) < 4.78 is 0. The second kappa shape index (κ2) is 6.59. The molecule has 1 N–H and O–H groups in total. The van der Waals surface area contributed by atoms with Gasteiger partial charge in [0.05, 0.1) is 0 Å². The van der Waals surface area contributed by atoms with Crippen molar-refractivity contribution in [2.75, 3.05) is 13.1 Å². The summed E-state index contributed by atoms with van der Waals surface area (Å²) in [6, 6.07) is 8.68. The van der Waals surface area contributed by atoms with Gasteiger partial charge < -0.3 is 10.2 Å². The number of hydrogen-bond donors (Lipinski definition) is 1. The van der Waals surface area contributed by atoms with Crippen LogP contribution in [-0.4, -0.2) is 29.9 Å². The van der Waals surface area contributed by atoms with E-state index in [2.05, 4.69) is 30.1 Å². The van der Waals surface area contributed by atoms with Crippen LogP contribution in [-0.2, 0) is 4.79 Å². The van der Waals surface area contributed by atoms with Crippen LogP contribution >= 0.6 is 11.6 Å². The Bertz CT molecular complexity index is 544. The molecule has 22 heavy (non-hydrogen) atoms. The summed E-state index contributed by atoms with van der Waals surface area (Å²) in [5, 5.41) is 4.52. The van der Waals surface area contributed by atoms with Crippen LogP contribution in [0.1, 0.15) is 44.7 Å². The van der Waals surface area contributed by atoms with Crippen LogP contribution in [0.2, 0.25) is 5.02 Å². The Balaban J connectivity index is 1.57. The van der Waals surface area contributed by atoms with Gasteiger partial charge in [-0.15, -0.1) is 0 Å². The van der Waals surface area contributed by atoms with Crippen LogP contribution in [0.25, 0.3) is 0 Å². The molecule has 1 aliphatic heterocycles. The number of piperidine rings is 1. The zero-order valence-electron chi connectivity index (χ0n) is 13.4. The van der Waals surface area contributed by atoms with Gasteiger partial charge in [0.2, 0.25) is 5.91 Å². The van der Waals surface area contributed by atoms with Gasteiger partial charge in [0, 0.05) is 36.1 Å². The van der Waals surface area contributed by atoms with Gasteiger partial charge in [-0.1, -0.05) is 36.7 Å². The first-order valence-corrected chi connectivity index (χ1v) is 8.73. The van der Waals surface area contributed by atoms with E-state index in [0.29, 0.717) is 23.8 Å². The Morgan fingerprint density at radius 1 is 1.32 bits per heavy atom. The molecule has 1 aromatic rings. The summed E-state index contributed by atoms with van der Waals surface area (Å²) in [4.78, 5) is 14.3. The van der Waals surface area contributed by atoms with Crippen molar-refractivity contribution in [3.8, 4) is 0 Å². The van der Waals surface area contributed by atoms with E-state index in [1.807, 2.05) is 18.2 Å². The number of nitrogens with zero attached hydrogens (tertiary/aromatic N) is 1. The van der Waals surface area contributed by atoms with Gasteiger partial charge in [-0.2, -0.15) is 0 Å². The Morgan fingerprint density at radius 2 is 2.05 bits per heavy atom. The van der Waals surface area contributed by atoms with Gasteiger partial charge >= 0.3 is 0 Å². The molecule has 0 bridgehead atoms. The van der Waals surface area contributed by atoms with Crippen molar-refractivity contribution in [1.29, 1.82) is 0 Å². The number of likely N-dealkylation sites (tertiary alicyclic amines) is 1. The Kier molecular flexibility index (Phi) is 4.74. The lowest BCUT2D eigenvalue weighted by Crippen LogP contribution is -2.51. The van der Waals surface area contributed by atoms with E-state index < -0.39 is 0 Å². The first-order valence-electron chi connectivity index (χ1n) is 8.35. The quantitative estimate of drug-likeness (QED) is 0.918. The van der Waals surface area contributed by atoms with Crippen molar-refractivity contribution in [3.05, 3.63) is 34.9 Å². The molecular weight excluding hydrogens is 296 g/mol. The van der Waals surface area contributed by atoms with Crippen LogP contribution in [0.3, 0.4) is 0 Å². The molecule has 1 amide bonds. The Hall–Kier alpha value is -1.06. The molecule has 1 saturated carbocycles. The highest BCUT2D eigenvalue weighted by Gasteiger charge is 2.37. The number of benzene rings is 1. The highest BCUT2D eigenvalue weighted by atomic mass is 35.5. The predicted molar refractivity (Wildman–Crippen MR) is 89.9 cm³/mol. The molecule has 0 spiro atoms. The molecule has 2 aliphatic rings. The maximum absolute atomic E-state index is 12.2. The van der Waals surface area contributed by atoms with E-state index in [-0.39, 0.29) is 6.04 Å². The molecule has 2 fully saturated rings. The zero-order chi connectivity index (χ0) is 15.7. The van der Waals surface area contributed by atoms with Crippen LogP contribution in [0.5, 0.6) is 0 Å². The van der Waals surface area contributed by atoms with Gasteiger partial charge in [-0.3, -0.25) is 4.79 Å². The van der Waals surface area contributed by atoms with Crippen molar-refractivity contribution in [2.24, 2.45) is 11.8 Å². The van der Waals surface area contributed by atoms with E-state index in [0.717, 1.165) is 42.9 Å². The minimum atomic E-state index is 0.229. The molecule has 0 aromatic heterocycles. The fourth-order valence-corrected chi connectivity index (χ4v) is 3.72. The van der Waals surface area contributed by atoms with Gasteiger partial charge in [0.15, 0.2) is 0 Å². The second-order valence-corrected chi connectivity index (χ2v) is 7.25. The number of amides is 1. The molecule has 1 aliphatic carbocycles. The smallest absolute Gasteiger partial charge is 0.225 e. The van der Waals surface area contributed by atoms with E-state index in [1.54, 1.807) is 0 Å². The topological polar surface area (TPSA) is 32.3 Å². The Labute approximate surface area is 138 Å². The number of halogens is 1. The number of carbonyl (C=O) groups excluding carboxylic acids is 1. The minimum absolute atomic E-state index is 0.229. The largest absolute Gasteiger partial charge is 0.342 e. The third-order valence-corrected chi connectivity index (χ3v) is 5.32. The van der Waals surface area contributed by atoms with Crippen LogP contribution < -0.4 is 5.32 Å². The highest BCUT2D eigenvalue weighted by Crippen LogP contribution is 2.33. The fraction of sp³-hybridized carbons (Fsp3) is 0.611. The monoisotopic (exact) mass is 320 g/mol. The molecule has 0 unspecified atom stereocenters. The standard InChI is InChI=1S/C18H25ClN2O/c1-12-11-21(18(22)14-7-8-14)10-9-17(12)20-13(2)15-5-3-4-6-16(15)19/h3-6,12-14,17,20H,7-11H2,1-2H3/t12-,13-,17-/m0/s1. The lowest BCUT2D eigenvalue weighted by atomic mass is 9.92. The highest BCUT2D eigenvalue weighted by molar-refractivity contribution is 6.31. The molecular formula is C18H25ClN2O. The third-order valence-electron chi connectivity index (χ3n) is 4.98. The molecule has 3 atom stereocenters. The zero-order valence-corrected chi connectivity index (χ0v) is 14.1. The van der Waals surface area contributed by atoms with Crippen molar-refractivity contribution >= 4 is 17.5 Å². The molecule has 120 valence electrons. The normalized spacial score (nSPS) is 26.8. The van der Waals surface area contributed by atoms with Crippen molar-refractivity contribution in [2.45, 2.75) is 45.2 Å². The first-order chi connectivity index (χ1) is 10.6. The van der Waals surface area contributed by atoms with E-state index in [4.69, 9.17) is 11.6 Å². The molecule has 4 heteroatoms. The van der Waals surface area contributed by atoms with Crippen molar-refractivity contribution in [1.82, 2.24) is 10.2 Å². The summed E-state index contributed by atoms with van der Waals surface area (Å²) in [6.07, 6.45) is 3.21. The molecule has 0 radical (unpaired) electrons. The van der Waals surface area contributed by atoms with Crippen LogP contribution in [0, 0.1) is 11.8 Å². The molecule has 1 aromatic carbocycles. The number of nitrogens with one attached hydrogen (secondary N) is 1. The minimum Gasteiger partial charge on any atom is -0.342 e. The summed E-state index contributed by atoms with van der Waals surface area (Å²) in [5.41, 5.74) is 1.15.